The summed E-state index contributed by atoms with van der Waals surface area (Å²) in [5, 5.41) is 0. The molecule has 1 aromatic rings. The van der Waals surface area contributed by atoms with Crippen molar-refractivity contribution in [1.82, 2.24) is 4.90 Å². The Kier molecular flexibility index (Phi) is 4.36. The Hall–Kier alpha value is -1.10. The predicted octanol–water partition coefficient (Wildman–Crippen LogP) is 1.52. The molecule has 2 rings (SSSR count). The largest absolute Gasteiger partial charge is 0.468 e. The van der Waals surface area contributed by atoms with E-state index in [0.29, 0.717) is 6.54 Å². The summed E-state index contributed by atoms with van der Waals surface area (Å²) in [7, 11) is 1.74. The number of rotatable bonds is 5. The van der Waals surface area contributed by atoms with E-state index in [-0.39, 0.29) is 0 Å². The molecule has 0 fully saturated rings. The summed E-state index contributed by atoms with van der Waals surface area (Å²) >= 11 is 0. The van der Waals surface area contributed by atoms with Gasteiger partial charge >= 0.3 is 0 Å². The average Bonchev–Trinajstić information content (AvgIpc) is 2.79. The number of methoxy groups -OCH3 is 1. The molecule has 2 heterocycles. The highest BCUT2D eigenvalue weighted by Crippen LogP contribution is 2.17. The third-order valence-electron chi connectivity index (χ3n) is 3.13. The first-order chi connectivity index (χ1) is 8.33. The van der Waals surface area contributed by atoms with Crippen molar-refractivity contribution in [3.63, 3.8) is 0 Å². The van der Waals surface area contributed by atoms with Crippen molar-refractivity contribution < 1.29 is 9.15 Å². The quantitative estimate of drug-likeness (QED) is 0.787. The lowest BCUT2D eigenvalue weighted by atomic mass is 10.1. The molecule has 0 saturated heterocycles. The van der Waals surface area contributed by atoms with Gasteiger partial charge in [-0.25, -0.2) is 0 Å². The monoisotopic (exact) mass is 236 g/mol. The zero-order valence-corrected chi connectivity index (χ0v) is 10.3. The van der Waals surface area contributed by atoms with Gasteiger partial charge in [-0.2, -0.15) is 0 Å². The topological polar surface area (TPSA) is 51.6 Å². The molecule has 0 bridgehead atoms. The number of hydrogen-bond acceptors (Lipinski definition) is 4. The van der Waals surface area contributed by atoms with E-state index >= 15 is 0 Å². The first kappa shape index (κ1) is 12.4. The number of ether oxygens (including phenoxy) is 1. The highest BCUT2D eigenvalue weighted by Gasteiger charge is 2.14. The molecule has 0 spiro atoms. The molecule has 4 nitrogen and oxygen atoms in total. The highest BCUT2D eigenvalue weighted by atomic mass is 16.5. The molecule has 0 aliphatic carbocycles. The van der Waals surface area contributed by atoms with Crippen LogP contribution in [0.1, 0.15) is 17.7 Å². The van der Waals surface area contributed by atoms with Crippen LogP contribution in [0, 0.1) is 0 Å². The van der Waals surface area contributed by atoms with Crippen LogP contribution in [0.15, 0.2) is 28.4 Å². The maximum absolute atomic E-state index is 5.62. The summed E-state index contributed by atoms with van der Waals surface area (Å²) in [5.74, 6) is 0.900. The van der Waals surface area contributed by atoms with E-state index in [1.165, 1.54) is 11.1 Å². The Balaban J connectivity index is 1.90. The van der Waals surface area contributed by atoms with Gasteiger partial charge in [0, 0.05) is 32.3 Å². The van der Waals surface area contributed by atoms with Crippen molar-refractivity contribution >= 4 is 0 Å². The fourth-order valence-electron chi connectivity index (χ4n) is 2.14. The van der Waals surface area contributed by atoms with Crippen LogP contribution in [0.25, 0.3) is 0 Å². The van der Waals surface area contributed by atoms with E-state index in [4.69, 9.17) is 14.9 Å². The standard InChI is InChI=1S/C13H20N2O2/c1-16-10-11-2-5-15(6-3-11)9-12-4-7-17-13(12)8-14/h2,4,7H,3,5-6,8-10,14H2,1H3. The Morgan fingerprint density at radius 2 is 2.41 bits per heavy atom. The second-order valence-corrected chi connectivity index (χ2v) is 4.35. The summed E-state index contributed by atoms with van der Waals surface area (Å²) in [6, 6.07) is 2.01. The van der Waals surface area contributed by atoms with Gasteiger partial charge in [0.05, 0.1) is 19.4 Å². The summed E-state index contributed by atoms with van der Waals surface area (Å²) in [5.41, 5.74) is 8.22. The summed E-state index contributed by atoms with van der Waals surface area (Å²) in [6.07, 6.45) is 5.06. The molecule has 0 radical (unpaired) electrons. The molecule has 0 saturated carbocycles. The average molecular weight is 236 g/mol. The summed E-state index contributed by atoms with van der Waals surface area (Å²) in [6.45, 7) is 4.20. The van der Waals surface area contributed by atoms with Crippen LogP contribution in [0.2, 0.25) is 0 Å². The summed E-state index contributed by atoms with van der Waals surface area (Å²) < 4.78 is 10.5. The normalized spacial score (nSPS) is 17.2. The van der Waals surface area contributed by atoms with Crippen molar-refractivity contribution in [2.75, 3.05) is 26.8 Å². The van der Waals surface area contributed by atoms with Crippen molar-refractivity contribution in [3.8, 4) is 0 Å². The number of nitrogens with zero attached hydrogens (tertiary/aromatic N) is 1. The van der Waals surface area contributed by atoms with E-state index < -0.39 is 0 Å². The minimum Gasteiger partial charge on any atom is -0.468 e. The van der Waals surface area contributed by atoms with E-state index in [1.807, 2.05) is 6.07 Å². The lowest BCUT2D eigenvalue weighted by Gasteiger charge is -2.25. The molecule has 0 unspecified atom stereocenters. The first-order valence-corrected chi connectivity index (χ1v) is 5.98. The van der Waals surface area contributed by atoms with E-state index in [1.54, 1.807) is 13.4 Å². The third-order valence-corrected chi connectivity index (χ3v) is 3.13. The molecule has 0 aromatic carbocycles. The van der Waals surface area contributed by atoms with Gasteiger partial charge in [0.25, 0.3) is 0 Å². The SMILES string of the molecule is COCC1=CCN(Cc2ccoc2CN)CC1. The van der Waals surface area contributed by atoms with E-state index in [2.05, 4.69) is 11.0 Å². The Morgan fingerprint density at radius 3 is 3.06 bits per heavy atom. The van der Waals surface area contributed by atoms with E-state index in [0.717, 1.165) is 38.4 Å². The van der Waals surface area contributed by atoms with Crippen LogP contribution in [-0.2, 0) is 17.8 Å². The Morgan fingerprint density at radius 1 is 1.53 bits per heavy atom. The fourth-order valence-corrected chi connectivity index (χ4v) is 2.14. The van der Waals surface area contributed by atoms with Gasteiger partial charge in [-0.05, 0) is 18.1 Å². The van der Waals surface area contributed by atoms with Gasteiger partial charge < -0.3 is 14.9 Å². The lowest BCUT2D eigenvalue weighted by molar-refractivity contribution is 0.210. The van der Waals surface area contributed by atoms with Crippen LogP contribution >= 0.6 is 0 Å². The first-order valence-electron chi connectivity index (χ1n) is 5.98. The van der Waals surface area contributed by atoms with Crippen LogP contribution < -0.4 is 5.73 Å². The molecule has 1 aliphatic rings. The fraction of sp³-hybridized carbons (Fsp3) is 0.538. The second kappa shape index (κ2) is 6.00. The van der Waals surface area contributed by atoms with Gasteiger partial charge in [0.15, 0.2) is 0 Å². The minimum atomic E-state index is 0.473. The summed E-state index contributed by atoms with van der Waals surface area (Å²) in [4.78, 5) is 2.39. The Bertz CT molecular complexity index is 385. The van der Waals surface area contributed by atoms with Crippen LogP contribution in [0.5, 0.6) is 0 Å². The maximum Gasteiger partial charge on any atom is 0.121 e. The van der Waals surface area contributed by atoms with Crippen LogP contribution in [-0.4, -0.2) is 31.7 Å². The number of nitrogens with two attached hydrogens (primary N) is 1. The molecule has 4 heteroatoms. The molecular weight excluding hydrogens is 216 g/mol. The molecule has 0 amide bonds. The van der Waals surface area contributed by atoms with Crippen molar-refractivity contribution in [3.05, 3.63) is 35.3 Å². The maximum atomic E-state index is 5.62. The molecule has 17 heavy (non-hydrogen) atoms. The number of hydrogen-bond donors (Lipinski definition) is 1. The molecule has 1 aliphatic heterocycles. The Labute approximate surface area is 102 Å². The third kappa shape index (κ3) is 3.19. The molecule has 2 N–H and O–H groups in total. The molecule has 94 valence electrons. The zero-order valence-electron chi connectivity index (χ0n) is 10.3. The van der Waals surface area contributed by atoms with Gasteiger partial charge in [0.1, 0.15) is 5.76 Å². The van der Waals surface area contributed by atoms with Gasteiger partial charge in [-0.3, -0.25) is 4.90 Å². The number of furan rings is 1. The highest BCUT2D eigenvalue weighted by molar-refractivity contribution is 5.17. The van der Waals surface area contributed by atoms with E-state index in [9.17, 15) is 0 Å². The zero-order chi connectivity index (χ0) is 12.1. The smallest absolute Gasteiger partial charge is 0.121 e. The van der Waals surface area contributed by atoms with Gasteiger partial charge in [0.2, 0.25) is 0 Å². The molecule has 1 aromatic heterocycles. The van der Waals surface area contributed by atoms with Gasteiger partial charge in [-0.1, -0.05) is 6.08 Å². The van der Waals surface area contributed by atoms with Gasteiger partial charge in [-0.15, -0.1) is 0 Å². The molecular formula is C13H20N2O2. The van der Waals surface area contributed by atoms with Crippen molar-refractivity contribution in [2.45, 2.75) is 19.5 Å². The lowest BCUT2D eigenvalue weighted by Crippen LogP contribution is -2.29. The van der Waals surface area contributed by atoms with Crippen molar-refractivity contribution in [2.24, 2.45) is 5.73 Å². The predicted molar refractivity (Wildman–Crippen MR) is 66.5 cm³/mol. The molecule has 0 atom stereocenters. The van der Waals surface area contributed by atoms with Crippen LogP contribution in [0.4, 0.5) is 0 Å². The second-order valence-electron chi connectivity index (χ2n) is 4.35. The van der Waals surface area contributed by atoms with Crippen LogP contribution in [0.3, 0.4) is 0 Å². The van der Waals surface area contributed by atoms with Crippen molar-refractivity contribution in [1.29, 1.82) is 0 Å². The minimum absolute atomic E-state index is 0.473.